The van der Waals surface area contributed by atoms with E-state index in [4.69, 9.17) is 4.74 Å². The molecule has 0 radical (unpaired) electrons. The quantitative estimate of drug-likeness (QED) is 0.600. The molecule has 5 nitrogen and oxygen atoms in total. The van der Waals surface area contributed by atoms with Crippen molar-refractivity contribution in [1.29, 1.82) is 0 Å². The average Bonchev–Trinajstić information content (AvgIpc) is 2.00. The van der Waals surface area contributed by atoms with Gasteiger partial charge in [0.15, 0.2) is 0 Å². The molecule has 0 heterocycles. The zero-order valence-electron chi connectivity index (χ0n) is 7.62. The number of nitrogens with one attached hydrogen (secondary N) is 2. The largest absolute Gasteiger partial charge is 0.380 e. The second-order valence-corrected chi connectivity index (χ2v) is 3.98. The molecule has 1 unspecified atom stereocenters. The third-order valence-electron chi connectivity index (χ3n) is 1.30. The number of rotatable bonds is 6. The summed E-state index contributed by atoms with van der Waals surface area (Å²) in [6.45, 7) is 4.18. The van der Waals surface area contributed by atoms with Crippen LogP contribution in [0.3, 0.4) is 0 Å². The van der Waals surface area contributed by atoms with Gasteiger partial charge in [0.25, 0.3) is 10.2 Å². The summed E-state index contributed by atoms with van der Waals surface area (Å²) in [5.74, 6) is 0. The summed E-state index contributed by atoms with van der Waals surface area (Å²) in [4.78, 5) is 0. The molecule has 0 aromatic carbocycles. The minimum Gasteiger partial charge on any atom is -0.380 e. The van der Waals surface area contributed by atoms with Crippen molar-refractivity contribution >= 4 is 10.2 Å². The highest BCUT2D eigenvalue weighted by atomic mass is 32.2. The van der Waals surface area contributed by atoms with Crippen LogP contribution in [0.25, 0.3) is 0 Å². The van der Waals surface area contributed by atoms with Gasteiger partial charge in [0.05, 0.1) is 6.10 Å². The van der Waals surface area contributed by atoms with Gasteiger partial charge in [-0.15, -0.1) is 0 Å². The first-order valence-electron chi connectivity index (χ1n) is 3.79. The van der Waals surface area contributed by atoms with Crippen LogP contribution in [0.1, 0.15) is 13.8 Å². The van der Waals surface area contributed by atoms with Crippen molar-refractivity contribution in [1.82, 2.24) is 9.44 Å². The summed E-state index contributed by atoms with van der Waals surface area (Å²) < 4.78 is 31.5. The molecule has 0 aliphatic rings. The van der Waals surface area contributed by atoms with Crippen LogP contribution in [0, 0.1) is 0 Å². The lowest BCUT2D eigenvalue weighted by Crippen LogP contribution is -2.40. The third-order valence-corrected chi connectivity index (χ3v) is 2.51. The van der Waals surface area contributed by atoms with Crippen molar-refractivity contribution < 1.29 is 13.2 Å². The lowest BCUT2D eigenvalue weighted by Gasteiger charge is -2.10. The summed E-state index contributed by atoms with van der Waals surface area (Å²) in [6, 6.07) is 0. The molecular weight excluding hydrogens is 180 g/mol. The summed E-state index contributed by atoms with van der Waals surface area (Å²) >= 11 is 0. The number of ether oxygens (including phenoxy) is 1. The van der Waals surface area contributed by atoms with Crippen LogP contribution in [-0.2, 0) is 14.9 Å². The molecule has 0 saturated carbocycles. The topological polar surface area (TPSA) is 67.4 Å². The monoisotopic (exact) mass is 196 g/mol. The predicted molar refractivity (Wildman–Crippen MR) is 47.1 cm³/mol. The van der Waals surface area contributed by atoms with Crippen LogP contribution >= 0.6 is 0 Å². The van der Waals surface area contributed by atoms with Gasteiger partial charge in [-0.05, 0) is 6.92 Å². The Labute approximate surface area is 73.7 Å². The third kappa shape index (κ3) is 5.48. The van der Waals surface area contributed by atoms with Crippen LogP contribution in [0.15, 0.2) is 0 Å². The molecule has 0 rings (SSSR count). The maximum atomic E-state index is 11.0. The molecule has 0 bridgehead atoms. The lowest BCUT2D eigenvalue weighted by molar-refractivity contribution is 0.122. The Hall–Kier alpha value is -0.170. The molecule has 0 aromatic rings. The van der Waals surface area contributed by atoms with Crippen molar-refractivity contribution in [3.63, 3.8) is 0 Å². The van der Waals surface area contributed by atoms with Crippen molar-refractivity contribution in [3.05, 3.63) is 0 Å². The van der Waals surface area contributed by atoms with E-state index in [-0.39, 0.29) is 12.6 Å². The summed E-state index contributed by atoms with van der Waals surface area (Å²) in [5, 5.41) is 0. The molecule has 0 fully saturated rings. The average molecular weight is 196 g/mol. The summed E-state index contributed by atoms with van der Waals surface area (Å²) in [6.07, 6.45) is -0.113. The molecule has 12 heavy (non-hydrogen) atoms. The molecule has 2 N–H and O–H groups in total. The van der Waals surface area contributed by atoms with Gasteiger partial charge in [-0.25, -0.2) is 4.72 Å². The van der Waals surface area contributed by atoms with Gasteiger partial charge in [-0.2, -0.15) is 13.1 Å². The predicted octanol–water partition coefficient (Wildman–Crippen LogP) is -0.535. The Morgan fingerprint density at radius 1 is 1.42 bits per heavy atom. The molecular formula is C6H16N2O3S. The summed E-state index contributed by atoms with van der Waals surface area (Å²) in [7, 11) is -1.78. The lowest BCUT2D eigenvalue weighted by atomic mass is 10.4. The van der Waals surface area contributed by atoms with Crippen LogP contribution < -0.4 is 9.44 Å². The number of methoxy groups -OCH3 is 1. The van der Waals surface area contributed by atoms with Crippen molar-refractivity contribution in [2.24, 2.45) is 0 Å². The molecule has 74 valence electrons. The second kappa shape index (κ2) is 5.47. The first kappa shape index (κ1) is 11.8. The van der Waals surface area contributed by atoms with Gasteiger partial charge < -0.3 is 4.74 Å². The second-order valence-electron chi connectivity index (χ2n) is 2.40. The van der Waals surface area contributed by atoms with Crippen LogP contribution in [0.2, 0.25) is 0 Å². The van der Waals surface area contributed by atoms with Crippen LogP contribution in [0.5, 0.6) is 0 Å². The van der Waals surface area contributed by atoms with E-state index in [0.717, 1.165) is 0 Å². The fourth-order valence-electron chi connectivity index (χ4n) is 0.551. The fraction of sp³-hybridized carbons (Fsp3) is 1.00. The van der Waals surface area contributed by atoms with Gasteiger partial charge >= 0.3 is 0 Å². The SMILES string of the molecule is CCNS(=O)(=O)NCC(C)OC. The van der Waals surface area contributed by atoms with E-state index in [2.05, 4.69) is 9.44 Å². The number of hydrogen-bond donors (Lipinski definition) is 2. The molecule has 1 atom stereocenters. The smallest absolute Gasteiger partial charge is 0.276 e. The van der Waals surface area contributed by atoms with E-state index >= 15 is 0 Å². The van der Waals surface area contributed by atoms with Crippen molar-refractivity contribution in [3.8, 4) is 0 Å². The van der Waals surface area contributed by atoms with Gasteiger partial charge in [0, 0.05) is 20.2 Å². The zero-order chi connectivity index (χ0) is 9.61. The normalized spacial score (nSPS) is 14.6. The molecule has 0 aromatic heterocycles. The molecule has 0 spiro atoms. The Balaban J connectivity index is 3.76. The first-order valence-corrected chi connectivity index (χ1v) is 5.27. The maximum absolute atomic E-state index is 11.0. The van der Waals surface area contributed by atoms with E-state index in [1.54, 1.807) is 13.8 Å². The minimum atomic E-state index is -3.32. The van der Waals surface area contributed by atoms with E-state index in [0.29, 0.717) is 6.54 Å². The van der Waals surface area contributed by atoms with Crippen LogP contribution in [0.4, 0.5) is 0 Å². The molecule has 6 heteroatoms. The van der Waals surface area contributed by atoms with Crippen LogP contribution in [-0.4, -0.2) is 34.7 Å². The highest BCUT2D eigenvalue weighted by Gasteiger charge is 2.08. The maximum Gasteiger partial charge on any atom is 0.276 e. The Kier molecular flexibility index (Phi) is 5.39. The van der Waals surface area contributed by atoms with E-state index < -0.39 is 10.2 Å². The molecule has 0 saturated heterocycles. The Bertz CT molecular complexity index is 203. The van der Waals surface area contributed by atoms with Crippen molar-refractivity contribution in [2.75, 3.05) is 20.2 Å². The van der Waals surface area contributed by atoms with Crippen molar-refractivity contribution in [2.45, 2.75) is 20.0 Å². The Morgan fingerprint density at radius 3 is 2.42 bits per heavy atom. The van der Waals surface area contributed by atoms with Gasteiger partial charge in [0.1, 0.15) is 0 Å². The standard InChI is InChI=1S/C6H16N2O3S/c1-4-7-12(9,10)8-5-6(2)11-3/h6-8H,4-5H2,1-3H3. The first-order chi connectivity index (χ1) is 5.52. The van der Waals surface area contributed by atoms with E-state index in [9.17, 15) is 8.42 Å². The van der Waals surface area contributed by atoms with Gasteiger partial charge in [-0.1, -0.05) is 6.92 Å². The highest BCUT2D eigenvalue weighted by molar-refractivity contribution is 7.87. The van der Waals surface area contributed by atoms with Gasteiger partial charge in [0.2, 0.25) is 0 Å². The minimum absolute atomic E-state index is 0.113. The summed E-state index contributed by atoms with van der Waals surface area (Å²) in [5.41, 5.74) is 0. The molecule has 0 aliphatic carbocycles. The fourth-order valence-corrected chi connectivity index (χ4v) is 1.49. The molecule has 0 amide bonds. The van der Waals surface area contributed by atoms with E-state index in [1.165, 1.54) is 7.11 Å². The van der Waals surface area contributed by atoms with E-state index in [1.807, 2.05) is 0 Å². The highest BCUT2D eigenvalue weighted by Crippen LogP contribution is 1.85. The van der Waals surface area contributed by atoms with Gasteiger partial charge in [-0.3, -0.25) is 0 Å². The molecule has 0 aliphatic heterocycles. The number of hydrogen-bond acceptors (Lipinski definition) is 3. The Morgan fingerprint density at radius 2 is 2.00 bits per heavy atom. The zero-order valence-corrected chi connectivity index (χ0v) is 8.44.